The highest BCUT2D eigenvalue weighted by molar-refractivity contribution is 6.31. The molecule has 2 heterocycles. The van der Waals surface area contributed by atoms with Gasteiger partial charge in [-0.2, -0.15) is 0 Å². The van der Waals surface area contributed by atoms with E-state index in [1.807, 2.05) is 53.4 Å². The van der Waals surface area contributed by atoms with Crippen LogP contribution in [0.5, 0.6) is 5.75 Å². The number of hydrogen-bond donors (Lipinski definition) is 1. The van der Waals surface area contributed by atoms with Crippen LogP contribution in [0.15, 0.2) is 48.5 Å². The van der Waals surface area contributed by atoms with Gasteiger partial charge in [0.1, 0.15) is 12.4 Å². The quantitative estimate of drug-likeness (QED) is 0.914. The maximum atomic E-state index is 13.0. The molecule has 1 amide bonds. The molecule has 25 heavy (non-hydrogen) atoms. The molecule has 0 aromatic heterocycles. The number of amides is 1. The van der Waals surface area contributed by atoms with Crippen LogP contribution < -0.4 is 10.1 Å². The Morgan fingerprint density at radius 1 is 1.08 bits per heavy atom. The largest absolute Gasteiger partial charge is 0.488 e. The summed E-state index contributed by atoms with van der Waals surface area (Å²) in [6, 6.07) is 15.1. The number of para-hydroxylation sites is 1. The molecule has 0 radical (unpaired) electrons. The molecule has 2 aliphatic heterocycles. The normalized spacial score (nSPS) is 22.0. The second kappa shape index (κ2) is 7.06. The lowest BCUT2D eigenvalue weighted by molar-refractivity contribution is 0.0777. The summed E-state index contributed by atoms with van der Waals surface area (Å²) in [5.41, 5.74) is 1.54. The first-order valence-corrected chi connectivity index (χ1v) is 9.05. The van der Waals surface area contributed by atoms with Crippen LogP contribution in [-0.2, 0) is 6.61 Å². The van der Waals surface area contributed by atoms with Gasteiger partial charge in [-0.1, -0.05) is 41.9 Å². The summed E-state index contributed by atoms with van der Waals surface area (Å²) in [7, 11) is 0. The van der Waals surface area contributed by atoms with Crippen molar-refractivity contribution in [3.8, 4) is 5.75 Å². The molecule has 4 rings (SSSR count). The predicted molar refractivity (Wildman–Crippen MR) is 98.0 cm³/mol. The standard InChI is InChI=1S/C20H21ClN2O2/c21-18-7-3-1-5-14(18)13-25-19-8-4-2-6-17(19)20(24)23-11-15-9-22-10-16(15)12-23/h1-8,15-16,22H,9-13H2/t15-,16+. The molecule has 2 aliphatic rings. The van der Waals surface area contributed by atoms with E-state index in [4.69, 9.17) is 16.3 Å². The zero-order valence-electron chi connectivity index (χ0n) is 14.0. The van der Waals surface area contributed by atoms with Crippen molar-refractivity contribution in [3.05, 3.63) is 64.7 Å². The van der Waals surface area contributed by atoms with Crippen molar-refractivity contribution >= 4 is 17.5 Å². The molecule has 2 aromatic rings. The van der Waals surface area contributed by atoms with Crippen LogP contribution >= 0.6 is 11.6 Å². The number of rotatable bonds is 4. The van der Waals surface area contributed by atoms with E-state index in [2.05, 4.69) is 5.32 Å². The van der Waals surface area contributed by atoms with E-state index in [9.17, 15) is 4.79 Å². The Kier molecular flexibility index (Phi) is 4.64. The minimum absolute atomic E-state index is 0.0594. The zero-order chi connectivity index (χ0) is 17.2. The first-order chi connectivity index (χ1) is 12.2. The van der Waals surface area contributed by atoms with Crippen LogP contribution in [0, 0.1) is 11.8 Å². The van der Waals surface area contributed by atoms with E-state index in [-0.39, 0.29) is 5.91 Å². The van der Waals surface area contributed by atoms with E-state index in [1.54, 1.807) is 0 Å². The topological polar surface area (TPSA) is 41.6 Å². The molecule has 0 saturated carbocycles. The highest BCUT2D eigenvalue weighted by Crippen LogP contribution is 2.30. The molecule has 0 aliphatic carbocycles. The summed E-state index contributed by atoms with van der Waals surface area (Å²) < 4.78 is 5.93. The number of likely N-dealkylation sites (tertiary alicyclic amines) is 1. The average Bonchev–Trinajstić information content (AvgIpc) is 3.23. The first kappa shape index (κ1) is 16.4. The first-order valence-electron chi connectivity index (χ1n) is 8.67. The molecule has 1 N–H and O–H groups in total. The van der Waals surface area contributed by atoms with Crippen molar-refractivity contribution < 1.29 is 9.53 Å². The van der Waals surface area contributed by atoms with Gasteiger partial charge in [0.2, 0.25) is 0 Å². The molecule has 2 fully saturated rings. The summed E-state index contributed by atoms with van der Waals surface area (Å²) in [6.07, 6.45) is 0. The van der Waals surface area contributed by atoms with Crippen LogP contribution in [0.2, 0.25) is 5.02 Å². The molecule has 5 heteroatoms. The minimum Gasteiger partial charge on any atom is -0.488 e. The number of nitrogens with zero attached hydrogens (tertiary/aromatic N) is 1. The SMILES string of the molecule is O=C(c1ccccc1OCc1ccccc1Cl)N1C[C@H]2CNC[C@H]2C1. The fourth-order valence-electron chi connectivity index (χ4n) is 3.73. The van der Waals surface area contributed by atoms with Crippen LogP contribution in [-0.4, -0.2) is 37.0 Å². The summed E-state index contributed by atoms with van der Waals surface area (Å²) in [4.78, 5) is 14.9. The second-order valence-electron chi connectivity index (χ2n) is 6.76. The number of nitrogens with one attached hydrogen (secondary N) is 1. The monoisotopic (exact) mass is 356 g/mol. The van der Waals surface area contributed by atoms with Crippen LogP contribution in [0.1, 0.15) is 15.9 Å². The van der Waals surface area contributed by atoms with Crippen molar-refractivity contribution in [1.82, 2.24) is 10.2 Å². The van der Waals surface area contributed by atoms with Crippen molar-refractivity contribution in [2.75, 3.05) is 26.2 Å². The number of benzene rings is 2. The van der Waals surface area contributed by atoms with Crippen molar-refractivity contribution in [3.63, 3.8) is 0 Å². The summed E-state index contributed by atoms with van der Waals surface area (Å²) in [6.45, 7) is 4.03. The fraction of sp³-hybridized carbons (Fsp3) is 0.350. The Balaban J connectivity index is 1.49. The third kappa shape index (κ3) is 3.37. The van der Waals surface area contributed by atoms with Gasteiger partial charge in [-0.05, 0) is 30.0 Å². The summed E-state index contributed by atoms with van der Waals surface area (Å²) in [5, 5.41) is 4.08. The Morgan fingerprint density at radius 2 is 1.76 bits per heavy atom. The molecule has 0 bridgehead atoms. The average molecular weight is 357 g/mol. The third-order valence-corrected chi connectivity index (χ3v) is 5.50. The Labute approximate surface area is 152 Å². The van der Waals surface area contributed by atoms with E-state index >= 15 is 0 Å². The molecule has 0 unspecified atom stereocenters. The van der Waals surface area contributed by atoms with Gasteiger partial charge in [-0.15, -0.1) is 0 Å². The smallest absolute Gasteiger partial charge is 0.257 e. The summed E-state index contributed by atoms with van der Waals surface area (Å²) >= 11 is 6.19. The molecule has 4 nitrogen and oxygen atoms in total. The van der Waals surface area contributed by atoms with Crippen LogP contribution in [0.4, 0.5) is 0 Å². The van der Waals surface area contributed by atoms with Crippen molar-refractivity contribution in [1.29, 1.82) is 0 Å². The van der Waals surface area contributed by atoms with Crippen LogP contribution in [0.25, 0.3) is 0 Å². The molecule has 2 saturated heterocycles. The van der Waals surface area contributed by atoms with Gasteiger partial charge in [0.25, 0.3) is 5.91 Å². The van der Waals surface area contributed by atoms with Gasteiger partial charge in [0.15, 0.2) is 0 Å². The number of carbonyl (C=O) groups excluding carboxylic acids is 1. The molecule has 130 valence electrons. The maximum absolute atomic E-state index is 13.0. The van der Waals surface area contributed by atoms with Gasteiger partial charge >= 0.3 is 0 Å². The summed E-state index contributed by atoms with van der Waals surface area (Å²) in [5.74, 6) is 1.84. The Morgan fingerprint density at radius 3 is 2.52 bits per heavy atom. The highest BCUT2D eigenvalue weighted by Gasteiger charge is 2.38. The van der Waals surface area contributed by atoms with Crippen molar-refractivity contribution in [2.45, 2.75) is 6.61 Å². The minimum atomic E-state index is 0.0594. The fourth-order valence-corrected chi connectivity index (χ4v) is 3.92. The second-order valence-corrected chi connectivity index (χ2v) is 7.17. The molecule has 2 atom stereocenters. The Bertz CT molecular complexity index is 768. The molecular formula is C20H21ClN2O2. The lowest BCUT2D eigenvalue weighted by Crippen LogP contribution is -2.32. The number of fused-ring (bicyclic) bond motifs is 1. The maximum Gasteiger partial charge on any atom is 0.257 e. The van der Waals surface area contributed by atoms with E-state index in [0.717, 1.165) is 31.7 Å². The number of ether oxygens (including phenoxy) is 1. The third-order valence-electron chi connectivity index (χ3n) is 5.14. The number of hydrogen-bond acceptors (Lipinski definition) is 3. The van der Waals surface area contributed by atoms with E-state index in [1.165, 1.54) is 0 Å². The zero-order valence-corrected chi connectivity index (χ0v) is 14.7. The number of carbonyl (C=O) groups is 1. The van der Waals surface area contributed by atoms with E-state index in [0.29, 0.717) is 34.8 Å². The highest BCUT2D eigenvalue weighted by atomic mass is 35.5. The van der Waals surface area contributed by atoms with Gasteiger partial charge in [-0.25, -0.2) is 0 Å². The van der Waals surface area contributed by atoms with Gasteiger partial charge < -0.3 is 15.0 Å². The van der Waals surface area contributed by atoms with Gasteiger partial charge in [-0.3, -0.25) is 4.79 Å². The molecular weight excluding hydrogens is 336 g/mol. The van der Waals surface area contributed by atoms with E-state index < -0.39 is 0 Å². The van der Waals surface area contributed by atoms with Crippen LogP contribution in [0.3, 0.4) is 0 Å². The lowest BCUT2D eigenvalue weighted by Gasteiger charge is -2.19. The van der Waals surface area contributed by atoms with Crippen molar-refractivity contribution in [2.24, 2.45) is 11.8 Å². The Hall–Kier alpha value is -2.04. The predicted octanol–water partition coefficient (Wildman–Crippen LogP) is 3.21. The van der Waals surface area contributed by atoms with Gasteiger partial charge in [0.05, 0.1) is 5.56 Å². The lowest BCUT2D eigenvalue weighted by atomic mass is 10.0. The van der Waals surface area contributed by atoms with Gasteiger partial charge in [0, 0.05) is 36.8 Å². The molecule has 0 spiro atoms. The number of halogens is 1. The molecule has 2 aromatic carbocycles.